The number of nitrogens with one attached hydrogen (secondary N) is 2. The third-order valence-electron chi connectivity index (χ3n) is 4.11. The van der Waals surface area contributed by atoms with Gasteiger partial charge in [0.2, 0.25) is 5.91 Å². The van der Waals surface area contributed by atoms with E-state index in [-0.39, 0.29) is 17.7 Å². The van der Waals surface area contributed by atoms with E-state index in [2.05, 4.69) is 10.6 Å². The fourth-order valence-electron chi connectivity index (χ4n) is 2.42. The molecule has 5 heteroatoms. The van der Waals surface area contributed by atoms with Gasteiger partial charge in [-0.05, 0) is 43.5 Å². The van der Waals surface area contributed by atoms with Crippen LogP contribution in [0.2, 0.25) is 0 Å². The Morgan fingerprint density at radius 1 is 0.962 bits per heavy atom. The lowest BCUT2D eigenvalue weighted by Gasteiger charge is -2.09. The zero-order valence-corrected chi connectivity index (χ0v) is 14.5. The van der Waals surface area contributed by atoms with Crippen LogP contribution in [0.4, 0.5) is 5.69 Å². The molecule has 3 rings (SSSR count). The average molecular weight is 348 g/mol. The van der Waals surface area contributed by atoms with Crippen LogP contribution < -0.4 is 10.6 Å². The molecule has 0 atom stereocenters. The molecule has 0 saturated heterocycles. The minimum Gasteiger partial charge on any atom is -0.349 e. The maximum Gasteiger partial charge on any atom is 0.251 e. The minimum absolute atomic E-state index is 0.141. The zero-order chi connectivity index (χ0) is 18.5. The molecule has 0 radical (unpaired) electrons. The van der Waals surface area contributed by atoms with E-state index in [9.17, 15) is 14.4 Å². The zero-order valence-electron chi connectivity index (χ0n) is 14.5. The highest BCUT2D eigenvalue weighted by Crippen LogP contribution is 2.21. The van der Waals surface area contributed by atoms with Crippen LogP contribution >= 0.6 is 0 Å². The number of aryl methyl sites for hydroxylation is 1. The summed E-state index contributed by atoms with van der Waals surface area (Å²) in [5, 5.41) is 5.64. The van der Waals surface area contributed by atoms with Crippen molar-refractivity contribution in [3.05, 3.63) is 77.4 Å². The smallest absolute Gasteiger partial charge is 0.251 e. The van der Waals surface area contributed by atoms with Crippen LogP contribution in [0.1, 0.15) is 39.1 Å². The third kappa shape index (κ3) is 4.66. The number of ketones is 1. The van der Waals surface area contributed by atoms with Crippen LogP contribution in [0.3, 0.4) is 0 Å². The molecule has 0 bridgehead atoms. The predicted octanol–water partition coefficient (Wildman–Crippen LogP) is 3.26. The van der Waals surface area contributed by atoms with Crippen molar-refractivity contribution in [2.75, 3.05) is 5.32 Å². The van der Waals surface area contributed by atoms with Gasteiger partial charge in [-0.1, -0.05) is 36.4 Å². The second kappa shape index (κ2) is 7.78. The van der Waals surface area contributed by atoms with E-state index in [1.54, 1.807) is 42.5 Å². The van der Waals surface area contributed by atoms with E-state index in [0.29, 0.717) is 16.8 Å². The van der Waals surface area contributed by atoms with Gasteiger partial charge in [-0.2, -0.15) is 0 Å². The molecule has 0 aromatic heterocycles. The van der Waals surface area contributed by atoms with Crippen LogP contribution in [0.5, 0.6) is 0 Å². The Morgan fingerprint density at radius 3 is 2.38 bits per heavy atom. The molecular formula is C21H20N2O3. The molecule has 1 fully saturated rings. The standard InChI is InChI=1S/C21H20N2O3/c1-14-7-8-16(21(26)22-17-9-10-17)13-18(14)23-20(25)12-11-19(24)15-5-3-2-4-6-15/h2-8,11-13,17H,9-10H2,1H3,(H,22,26)(H,23,25). The molecule has 1 aliphatic rings. The normalized spacial score (nSPS) is 13.4. The summed E-state index contributed by atoms with van der Waals surface area (Å²) in [5.41, 5.74) is 2.41. The highest BCUT2D eigenvalue weighted by atomic mass is 16.2. The monoisotopic (exact) mass is 348 g/mol. The van der Waals surface area contributed by atoms with Gasteiger partial charge in [0.15, 0.2) is 5.78 Å². The molecule has 1 aliphatic carbocycles. The lowest BCUT2D eigenvalue weighted by molar-refractivity contribution is -0.111. The Balaban J connectivity index is 1.65. The van der Waals surface area contributed by atoms with Gasteiger partial charge in [-0.3, -0.25) is 14.4 Å². The fraction of sp³-hybridized carbons (Fsp3) is 0.190. The summed E-state index contributed by atoms with van der Waals surface area (Å²) < 4.78 is 0. The quantitative estimate of drug-likeness (QED) is 0.621. The van der Waals surface area contributed by atoms with E-state index in [1.807, 2.05) is 13.0 Å². The molecule has 2 aromatic rings. The second-order valence-electron chi connectivity index (χ2n) is 6.33. The van der Waals surface area contributed by atoms with Gasteiger partial charge in [0.05, 0.1) is 0 Å². The summed E-state index contributed by atoms with van der Waals surface area (Å²) in [6.07, 6.45) is 4.47. The van der Waals surface area contributed by atoms with Gasteiger partial charge in [0, 0.05) is 28.9 Å². The van der Waals surface area contributed by atoms with Gasteiger partial charge in [-0.15, -0.1) is 0 Å². The largest absolute Gasteiger partial charge is 0.349 e. The van der Waals surface area contributed by atoms with Crippen LogP contribution in [-0.4, -0.2) is 23.6 Å². The molecule has 26 heavy (non-hydrogen) atoms. The number of carbonyl (C=O) groups is 3. The topological polar surface area (TPSA) is 75.3 Å². The average Bonchev–Trinajstić information content (AvgIpc) is 3.46. The van der Waals surface area contributed by atoms with E-state index in [4.69, 9.17) is 0 Å². The van der Waals surface area contributed by atoms with Crippen molar-refractivity contribution in [2.45, 2.75) is 25.8 Å². The minimum atomic E-state index is -0.419. The first-order chi connectivity index (χ1) is 12.5. The molecule has 1 saturated carbocycles. The summed E-state index contributed by atoms with van der Waals surface area (Å²) in [5.74, 6) is -0.801. The fourth-order valence-corrected chi connectivity index (χ4v) is 2.42. The summed E-state index contributed by atoms with van der Waals surface area (Å²) >= 11 is 0. The maximum absolute atomic E-state index is 12.1. The molecule has 2 aromatic carbocycles. The lowest BCUT2D eigenvalue weighted by Crippen LogP contribution is -2.25. The van der Waals surface area contributed by atoms with Gasteiger partial charge >= 0.3 is 0 Å². The first-order valence-corrected chi connectivity index (χ1v) is 8.53. The van der Waals surface area contributed by atoms with E-state index >= 15 is 0 Å². The Kier molecular flexibility index (Phi) is 5.27. The molecule has 2 amide bonds. The van der Waals surface area contributed by atoms with Crippen molar-refractivity contribution in [1.29, 1.82) is 0 Å². The number of amides is 2. The molecule has 2 N–H and O–H groups in total. The summed E-state index contributed by atoms with van der Waals surface area (Å²) in [7, 11) is 0. The highest BCUT2D eigenvalue weighted by molar-refractivity contribution is 6.10. The van der Waals surface area contributed by atoms with Crippen molar-refractivity contribution in [3.63, 3.8) is 0 Å². The van der Waals surface area contributed by atoms with E-state index < -0.39 is 5.91 Å². The number of carbonyl (C=O) groups excluding carboxylic acids is 3. The molecule has 0 heterocycles. The SMILES string of the molecule is Cc1ccc(C(=O)NC2CC2)cc1NC(=O)C=CC(=O)c1ccccc1. The van der Waals surface area contributed by atoms with Crippen molar-refractivity contribution in [3.8, 4) is 0 Å². The molecule has 0 aliphatic heterocycles. The maximum atomic E-state index is 12.1. The van der Waals surface area contributed by atoms with E-state index in [1.165, 1.54) is 12.2 Å². The molecular weight excluding hydrogens is 328 g/mol. The van der Waals surface area contributed by atoms with Crippen LogP contribution in [0, 0.1) is 6.92 Å². The summed E-state index contributed by atoms with van der Waals surface area (Å²) in [6.45, 7) is 1.84. The van der Waals surface area contributed by atoms with Crippen molar-refractivity contribution in [2.24, 2.45) is 0 Å². The number of hydrogen-bond acceptors (Lipinski definition) is 3. The van der Waals surface area contributed by atoms with Crippen molar-refractivity contribution in [1.82, 2.24) is 5.32 Å². The first kappa shape index (κ1) is 17.6. The summed E-state index contributed by atoms with van der Waals surface area (Å²) in [6, 6.07) is 14.2. The van der Waals surface area contributed by atoms with Crippen LogP contribution in [0.15, 0.2) is 60.7 Å². The first-order valence-electron chi connectivity index (χ1n) is 8.53. The van der Waals surface area contributed by atoms with Gasteiger partial charge in [0.25, 0.3) is 5.91 Å². The Bertz CT molecular complexity index is 868. The summed E-state index contributed by atoms with van der Waals surface area (Å²) in [4.78, 5) is 36.3. The Hall–Kier alpha value is -3.21. The lowest BCUT2D eigenvalue weighted by atomic mass is 10.1. The van der Waals surface area contributed by atoms with Gasteiger partial charge < -0.3 is 10.6 Å². The molecule has 0 spiro atoms. The number of benzene rings is 2. The van der Waals surface area contributed by atoms with Crippen LogP contribution in [-0.2, 0) is 4.79 Å². The third-order valence-corrected chi connectivity index (χ3v) is 4.11. The highest BCUT2D eigenvalue weighted by Gasteiger charge is 2.24. The van der Waals surface area contributed by atoms with E-state index in [0.717, 1.165) is 18.4 Å². The van der Waals surface area contributed by atoms with Crippen molar-refractivity contribution < 1.29 is 14.4 Å². The molecule has 132 valence electrons. The molecule has 0 unspecified atom stereocenters. The van der Waals surface area contributed by atoms with Crippen molar-refractivity contribution >= 4 is 23.3 Å². The second-order valence-corrected chi connectivity index (χ2v) is 6.33. The number of allylic oxidation sites excluding steroid dienone is 1. The Labute approximate surface area is 152 Å². The molecule has 5 nitrogen and oxygen atoms in total. The van der Waals surface area contributed by atoms with Crippen LogP contribution in [0.25, 0.3) is 0 Å². The number of hydrogen-bond donors (Lipinski definition) is 2. The number of rotatable bonds is 6. The predicted molar refractivity (Wildman–Crippen MR) is 100 cm³/mol. The van der Waals surface area contributed by atoms with Gasteiger partial charge in [0.1, 0.15) is 0 Å². The Morgan fingerprint density at radius 2 is 1.69 bits per heavy atom. The van der Waals surface area contributed by atoms with Gasteiger partial charge in [-0.25, -0.2) is 0 Å². The number of anilines is 1.